The zero-order chi connectivity index (χ0) is 52.1. The van der Waals surface area contributed by atoms with E-state index in [2.05, 4.69) is 92.8 Å². The number of hydrogen-bond acceptors (Lipinski definition) is 11. The molecule has 1 aromatic heterocycles. The highest BCUT2D eigenvalue weighted by Crippen LogP contribution is 2.22. The zero-order valence-corrected chi connectivity index (χ0v) is 45.9. The Labute approximate surface area is 421 Å². The van der Waals surface area contributed by atoms with Gasteiger partial charge in [0.1, 0.15) is 29.3 Å². The molecule has 388 valence electrons. The topological polar surface area (TPSA) is 169 Å². The highest BCUT2D eigenvalue weighted by Gasteiger charge is 2.18. The quantitative estimate of drug-likeness (QED) is 0.0552. The minimum absolute atomic E-state index is 0.240. The number of unbranched alkanes of at least 4 members (excludes halogenated alkanes) is 1. The lowest BCUT2D eigenvalue weighted by atomic mass is 10.0. The van der Waals surface area contributed by atoms with Gasteiger partial charge in [0.15, 0.2) is 0 Å². The number of nitrogens with one attached hydrogen (secondary N) is 1. The summed E-state index contributed by atoms with van der Waals surface area (Å²) in [5, 5.41) is 0. The Bertz CT molecular complexity index is 2530. The van der Waals surface area contributed by atoms with Gasteiger partial charge in [-0.15, -0.1) is 8.42 Å². The fourth-order valence-corrected chi connectivity index (χ4v) is 9.45. The van der Waals surface area contributed by atoms with Crippen molar-refractivity contribution in [3.63, 3.8) is 0 Å². The molecule has 5 aromatic rings. The van der Waals surface area contributed by atoms with Gasteiger partial charge in [-0.1, -0.05) is 144 Å². The molecule has 13 nitrogen and oxygen atoms in total. The minimum Gasteiger partial charge on any atom is -0.371 e. The van der Waals surface area contributed by atoms with Crippen molar-refractivity contribution in [2.24, 2.45) is 35.5 Å². The summed E-state index contributed by atoms with van der Waals surface area (Å²) in [5.74, 6) is 4.40. The van der Waals surface area contributed by atoms with Crippen LogP contribution >= 0.6 is 0 Å². The molecule has 1 heterocycles. The first-order valence-corrected chi connectivity index (χ1v) is 28.5. The van der Waals surface area contributed by atoms with Gasteiger partial charge in [0.25, 0.3) is 0 Å². The molecule has 0 atom stereocenters. The summed E-state index contributed by atoms with van der Waals surface area (Å²) in [7, 11) is -11.8. The number of imidazole rings is 1. The van der Waals surface area contributed by atoms with E-state index < -0.39 is 31.0 Å². The molecule has 0 radical (unpaired) electrons. The summed E-state index contributed by atoms with van der Waals surface area (Å²) in [5.41, 5.74) is 5.36. The van der Waals surface area contributed by atoms with Gasteiger partial charge in [-0.25, -0.2) is 8.96 Å². The molecule has 0 fully saturated rings. The molecule has 4 aromatic carbocycles. The lowest BCUT2D eigenvalue weighted by molar-refractivity contribution is 0.392. The zero-order valence-electron chi connectivity index (χ0n) is 43.4. The van der Waals surface area contributed by atoms with Gasteiger partial charge in [0.05, 0.1) is 5.69 Å². The van der Waals surface area contributed by atoms with E-state index in [9.17, 15) is 25.3 Å². The van der Waals surface area contributed by atoms with Gasteiger partial charge in [-0.3, -0.25) is 0 Å². The summed E-state index contributed by atoms with van der Waals surface area (Å²) in [6.07, 6.45) is 10.3. The highest BCUT2D eigenvalue weighted by atomic mass is 32.3. The van der Waals surface area contributed by atoms with Crippen LogP contribution in [0.25, 0.3) is 0 Å². The standard InChI is InChI=1S/C20H26O4S.C17H24N2O3S.C17H29NO3S/c1-15(2)13-17-5-9-19(10-6-17)23-25(21,22)24-20-11-7-18(8-12-20)14-16(3)4;1-13(2)9-15-5-7-17(8-6-15)22-23(20,21)19-11-16(18-12-19)10-14(3)4;1-14(2)7-5-6-12-18-22(19,20)21-17-10-8-16(9-11-17)13-15(3)4/h5-12,15-16H,13-14H2,1-4H3;5-8,11-14H,9-10H2,1-4H3;8-11,14-15,18H,5-7,12-13H2,1-4H3. The monoisotopic (exact) mass is 1030 g/mol. The van der Waals surface area contributed by atoms with Gasteiger partial charge < -0.3 is 16.7 Å². The SMILES string of the molecule is CC(C)CCCCNS(=O)(=O)Oc1ccc(CC(C)C)cc1.CC(C)Cc1ccc(OS(=O)(=O)Oc2ccc(CC(C)C)cc2)cc1.CC(C)Cc1ccc(OS(=O)(=O)n2cnc(CC(C)C)c2)cc1. The second-order valence-corrected chi connectivity index (χ2v) is 24.2. The summed E-state index contributed by atoms with van der Waals surface area (Å²) in [6.45, 7) is 26.0. The van der Waals surface area contributed by atoms with Crippen LogP contribution in [0.4, 0.5) is 0 Å². The molecular formula is C54H79N3O10S3. The van der Waals surface area contributed by atoms with E-state index in [-0.39, 0.29) is 11.5 Å². The minimum atomic E-state index is -4.16. The number of aromatic nitrogens is 2. The summed E-state index contributed by atoms with van der Waals surface area (Å²) < 4.78 is 96.0. The molecule has 0 saturated carbocycles. The van der Waals surface area contributed by atoms with Gasteiger partial charge in [-0.05, 0) is 145 Å². The Kier molecular flexibility index (Phi) is 24.5. The molecule has 1 N–H and O–H groups in total. The number of nitrogens with zero attached hydrogens (tertiary/aromatic N) is 2. The van der Waals surface area contributed by atoms with Crippen molar-refractivity contribution in [3.05, 3.63) is 138 Å². The average molecular weight is 1030 g/mol. The number of hydrogen-bond donors (Lipinski definition) is 1. The molecule has 0 aliphatic rings. The summed E-state index contributed by atoms with van der Waals surface area (Å²) >= 11 is 0. The van der Waals surface area contributed by atoms with Crippen molar-refractivity contribution < 1.29 is 42.0 Å². The Balaban J connectivity index is 0.000000278. The van der Waals surface area contributed by atoms with Crippen LogP contribution in [0.3, 0.4) is 0 Å². The summed E-state index contributed by atoms with van der Waals surface area (Å²) in [6, 6.07) is 28.4. The lowest BCUT2D eigenvalue weighted by Gasteiger charge is -2.10. The van der Waals surface area contributed by atoms with Crippen LogP contribution < -0.4 is 21.5 Å². The molecule has 0 unspecified atom stereocenters. The van der Waals surface area contributed by atoms with Crippen molar-refractivity contribution >= 4 is 31.0 Å². The maximum atomic E-state index is 12.3. The maximum absolute atomic E-state index is 12.3. The normalized spacial score (nSPS) is 12.0. The van der Waals surface area contributed by atoms with E-state index in [4.69, 9.17) is 16.7 Å². The van der Waals surface area contributed by atoms with Crippen molar-refractivity contribution in [2.75, 3.05) is 6.54 Å². The molecule has 5 rings (SSSR count). The predicted molar refractivity (Wildman–Crippen MR) is 282 cm³/mol. The van der Waals surface area contributed by atoms with Crippen LogP contribution in [0.1, 0.15) is 130 Å². The van der Waals surface area contributed by atoms with Crippen molar-refractivity contribution in [1.82, 2.24) is 13.7 Å². The van der Waals surface area contributed by atoms with Crippen LogP contribution in [0, 0.1) is 35.5 Å². The van der Waals surface area contributed by atoms with Crippen molar-refractivity contribution in [2.45, 2.75) is 134 Å². The van der Waals surface area contributed by atoms with Crippen LogP contribution in [0.2, 0.25) is 0 Å². The molecule has 16 heteroatoms. The first-order valence-electron chi connectivity index (χ1n) is 24.4. The van der Waals surface area contributed by atoms with E-state index in [1.165, 1.54) is 18.1 Å². The van der Waals surface area contributed by atoms with Crippen LogP contribution in [0.15, 0.2) is 110 Å². The van der Waals surface area contributed by atoms with E-state index in [1.807, 2.05) is 48.5 Å². The Hall–Kier alpha value is -4.90. The van der Waals surface area contributed by atoms with Crippen LogP contribution in [-0.2, 0) is 63.1 Å². The second-order valence-electron chi connectivity index (χ2n) is 20.2. The molecule has 0 amide bonds. The number of rotatable bonds is 25. The molecule has 0 aliphatic carbocycles. The largest absolute Gasteiger partial charge is 0.500 e. The fraction of sp³-hybridized carbons (Fsp3) is 0.500. The maximum Gasteiger partial charge on any atom is 0.500 e. The van der Waals surface area contributed by atoms with E-state index in [0.717, 1.165) is 77.7 Å². The second kappa shape index (κ2) is 28.8. The third-order valence-electron chi connectivity index (χ3n) is 10.0. The Morgan fingerprint density at radius 3 is 1.13 bits per heavy atom. The molecule has 0 saturated heterocycles. The Morgan fingerprint density at radius 1 is 0.443 bits per heavy atom. The molecule has 0 bridgehead atoms. The molecule has 70 heavy (non-hydrogen) atoms. The lowest BCUT2D eigenvalue weighted by Crippen LogP contribution is -2.29. The third kappa shape index (κ3) is 24.8. The van der Waals surface area contributed by atoms with E-state index in [1.54, 1.807) is 48.5 Å². The first-order chi connectivity index (χ1) is 32.8. The van der Waals surface area contributed by atoms with Crippen LogP contribution in [0.5, 0.6) is 23.0 Å². The van der Waals surface area contributed by atoms with Gasteiger partial charge in [0, 0.05) is 12.7 Å². The fourth-order valence-electron chi connectivity index (χ4n) is 7.05. The molecule has 0 spiro atoms. The number of benzene rings is 4. The van der Waals surface area contributed by atoms with E-state index >= 15 is 0 Å². The van der Waals surface area contributed by atoms with Crippen molar-refractivity contribution in [3.8, 4) is 23.0 Å². The van der Waals surface area contributed by atoms with Gasteiger partial charge in [-0.2, -0.15) is 21.6 Å². The molecular weight excluding hydrogens is 947 g/mol. The smallest absolute Gasteiger partial charge is 0.371 e. The Morgan fingerprint density at radius 2 is 0.786 bits per heavy atom. The average Bonchev–Trinajstić information content (AvgIpc) is 3.72. The third-order valence-corrected chi connectivity index (χ3v) is 12.9. The van der Waals surface area contributed by atoms with Crippen LogP contribution in [-0.4, -0.2) is 40.8 Å². The van der Waals surface area contributed by atoms with Gasteiger partial charge >= 0.3 is 31.0 Å². The highest BCUT2D eigenvalue weighted by molar-refractivity contribution is 7.85. The van der Waals surface area contributed by atoms with Crippen molar-refractivity contribution in [1.29, 1.82) is 0 Å². The molecule has 0 aliphatic heterocycles. The van der Waals surface area contributed by atoms with Gasteiger partial charge in [0.2, 0.25) is 0 Å². The van der Waals surface area contributed by atoms with E-state index in [0.29, 0.717) is 53.6 Å². The first kappa shape index (κ1) is 59.4. The predicted octanol–water partition coefficient (Wildman–Crippen LogP) is 12.2. The summed E-state index contributed by atoms with van der Waals surface area (Å²) in [4.78, 5) is 4.11.